The number of nitrogens with zero attached hydrogens (tertiary/aromatic N) is 3. The Hall–Kier alpha value is -3.04. The van der Waals surface area contributed by atoms with E-state index in [4.69, 9.17) is 0 Å². The number of carbonyl (C=O) groups is 4. The van der Waals surface area contributed by atoms with E-state index in [9.17, 15) is 19.2 Å². The third-order valence-electron chi connectivity index (χ3n) is 7.17. The fraction of sp³-hybridized carbons (Fsp3) is 0.500. The van der Waals surface area contributed by atoms with Gasteiger partial charge in [-0.15, -0.1) is 0 Å². The van der Waals surface area contributed by atoms with Crippen LogP contribution >= 0.6 is 0 Å². The molecule has 4 aliphatic rings. The van der Waals surface area contributed by atoms with Gasteiger partial charge >= 0.3 is 0 Å². The number of fused-ring (bicyclic) bond motifs is 1. The number of piperidine rings is 1. The number of amides is 4. The SMILES string of the molecule is O=C1C=CC(N2C(=O)c3ccc(N4CCN(CCC5CCNCC5)CC4)cc3C2=O)C(=O)N1. The number of nitrogens with one attached hydrogen (secondary N) is 2. The highest BCUT2D eigenvalue weighted by Gasteiger charge is 2.43. The zero-order chi connectivity index (χ0) is 22.9. The van der Waals surface area contributed by atoms with Crippen LogP contribution in [0, 0.1) is 5.92 Å². The van der Waals surface area contributed by atoms with E-state index in [0.717, 1.165) is 62.3 Å². The van der Waals surface area contributed by atoms with Crippen molar-refractivity contribution < 1.29 is 19.2 Å². The van der Waals surface area contributed by atoms with Crippen LogP contribution in [0.2, 0.25) is 0 Å². The van der Waals surface area contributed by atoms with Gasteiger partial charge in [0.1, 0.15) is 6.04 Å². The zero-order valence-corrected chi connectivity index (χ0v) is 18.6. The van der Waals surface area contributed by atoms with Crippen LogP contribution in [0.25, 0.3) is 0 Å². The summed E-state index contributed by atoms with van der Waals surface area (Å²) in [5.74, 6) is -1.41. The Kier molecular flexibility index (Phi) is 5.99. The Morgan fingerprint density at radius 1 is 0.909 bits per heavy atom. The van der Waals surface area contributed by atoms with Crippen molar-refractivity contribution in [3.8, 4) is 0 Å². The van der Waals surface area contributed by atoms with Gasteiger partial charge in [-0.3, -0.25) is 34.3 Å². The van der Waals surface area contributed by atoms with Gasteiger partial charge in [0, 0.05) is 37.9 Å². The van der Waals surface area contributed by atoms with E-state index in [1.54, 1.807) is 12.1 Å². The van der Waals surface area contributed by atoms with Crippen LogP contribution in [-0.4, -0.2) is 85.3 Å². The molecule has 5 rings (SSSR count). The second-order valence-corrected chi connectivity index (χ2v) is 9.18. The summed E-state index contributed by atoms with van der Waals surface area (Å²) in [5.41, 5.74) is 1.51. The maximum absolute atomic E-state index is 13.0. The molecular weight excluding hydrogens is 422 g/mol. The Labute approximate surface area is 192 Å². The normalized spacial score (nSPS) is 24.4. The summed E-state index contributed by atoms with van der Waals surface area (Å²) in [5, 5.41) is 5.57. The summed E-state index contributed by atoms with van der Waals surface area (Å²) in [4.78, 5) is 55.1. The first-order valence-electron chi connectivity index (χ1n) is 11.7. The quantitative estimate of drug-likeness (QED) is 0.624. The molecule has 1 atom stereocenters. The molecule has 1 aromatic carbocycles. The molecule has 0 aromatic heterocycles. The van der Waals surface area contributed by atoms with Crippen molar-refractivity contribution in [2.45, 2.75) is 25.3 Å². The maximum Gasteiger partial charge on any atom is 0.262 e. The molecule has 1 unspecified atom stereocenters. The van der Waals surface area contributed by atoms with Crippen LogP contribution in [0.5, 0.6) is 0 Å². The number of hydrogen-bond donors (Lipinski definition) is 2. The molecule has 2 N–H and O–H groups in total. The third-order valence-corrected chi connectivity index (χ3v) is 7.17. The topological polar surface area (TPSA) is 102 Å². The average molecular weight is 452 g/mol. The number of carbonyl (C=O) groups excluding carboxylic acids is 4. The van der Waals surface area contributed by atoms with Crippen LogP contribution in [0.3, 0.4) is 0 Å². The van der Waals surface area contributed by atoms with Crippen molar-refractivity contribution >= 4 is 29.3 Å². The number of anilines is 1. The lowest BCUT2D eigenvalue weighted by molar-refractivity contribution is -0.130. The van der Waals surface area contributed by atoms with Gasteiger partial charge in [-0.25, -0.2) is 0 Å². The minimum absolute atomic E-state index is 0.294. The van der Waals surface area contributed by atoms with Gasteiger partial charge in [-0.2, -0.15) is 0 Å². The number of benzene rings is 1. The van der Waals surface area contributed by atoms with Crippen molar-refractivity contribution in [1.29, 1.82) is 0 Å². The molecule has 0 radical (unpaired) electrons. The van der Waals surface area contributed by atoms with Crippen molar-refractivity contribution in [3.63, 3.8) is 0 Å². The molecule has 33 heavy (non-hydrogen) atoms. The summed E-state index contributed by atoms with van der Waals surface area (Å²) in [6, 6.07) is 4.19. The Bertz CT molecular complexity index is 1010. The summed E-state index contributed by atoms with van der Waals surface area (Å²) in [6.45, 7) is 7.08. The molecule has 0 bridgehead atoms. The van der Waals surface area contributed by atoms with Gasteiger partial charge in [-0.05, 0) is 69.1 Å². The molecule has 4 heterocycles. The van der Waals surface area contributed by atoms with Crippen molar-refractivity contribution in [2.75, 3.05) is 50.7 Å². The van der Waals surface area contributed by atoms with Crippen LogP contribution in [0.1, 0.15) is 40.0 Å². The summed E-state index contributed by atoms with van der Waals surface area (Å²) in [6.07, 6.45) is 6.27. The molecule has 2 saturated heterocycles. The minimum atomic E-state index is -1.11. The van der Waals surface area contributed by atoms with Crippen LogP contribution in [0.4, 0.5) is 5.69 Å². The van der Waals surface area contributed by atoms with Crippen molar-refractivity contribution in [2.24, 2.45) is 5.92 Å². The van der Waals surface area contributed by atoms with E-state index in [2.05, 4.69) is 20.4 Å². The standard InChI is InChI=1S/C24H29N5O4/c30-21-4-3-20(22(31)26-21)29-23(32)18-2-1-17(15-19(18)24(29)33)28-13-11-27(12-14-28)10-7-16-5-8-25-9-6-16/h1-4,15-16,20,25H,5-14H2,(H,26,30,31). The summed E-state index contributed by atoms with van der Waals surface area (Å²) >= 11 is 0. The van der Waals surface area contributed by atoms with Gasteiger partial charge in [0.2, 0.25) is 5.91 Å². The minimum Gasteiger partial charge on any atom is -0.369 e. The first-order valence-corrected chi connectivity index (χ1v) is 11.7. The molecule has 4 aliphatic heterocycles. The molecule has 174 valence electrons. The molecule has 2 fully saturated rings. The van der Waals surface area contributed by atoms with Crippen LogP contribution < -0.4 is 15.5 Å². The molecule has 4 amide bonds. The Morgan fingerprint density at radius 3 is 2.36 bits per heavy atom. The largest absolute Gasteiger partial charge is 0.369 e. The fourth-order valence-electron chi connectivity index (χ4n) is 5.17. The molecule has 9 nitrogen and oxygen atoms in total. The number of piperazine rings is 1. The predicted octanol–water partition coefficient (Wildman–Crippen LogP) is 0.376. The third kappa shape index (κ3) is 4.30. The van der Waals surface area contributed by atoms with Gasteiger partial charge in [0.25, 0.3) is 17.7 Å². The smallest absolute Gasteiger partial charge is 0.262 e. The van der Waals surface area contributed by atoms with Crippen molar-refractivity contribution in [1.82, 2.24) is 20.4 Å². The maximum atomic E-state index is 13.0. The Morgan fingerprint density at radius 2 is 1.64 bits per heavy atom. The van der Waals surface area contributed by atoms with E-state index < -0.39 is 29.7 Å². The van der Waals surface area contributed by atoms with Gasteiger partial charge < -0.3 is 10.2 Å². The van der Waals surface area contributed by atoms with Crippen LogP contribution in [-0.2, 0) is 9.59 Å². The van der Waals surface area contributed by atoms with E-state index in [-0.39, 0.29) is 0 Å². The van der Waals surface area contributed by atoms with Gasteiger partial charge in [0.05, 0.1) is 11.1 Å². The lowest BCUT2D eigenvalue weighted by Crippen LogP contribution is -2.51. The lowest BCUT2D eigenvalue weighted by Gasteiger charge is -2.37. The fourth-order valence-corrected chi connectivity index (χ4v) is 5.17. The Balaban J connectivity index is 1.22. The summed E-state index contributed by atoms with van der Waals surface area (Å²) < 4.78 is 0. The van der Waals surface area contributed by atoms with E-state index in [1.807, 2.05) is 6.07 Å². The van der Waals surface area contributed by atoms with E-state index in [0.29, 0.717) is 11.1 Å². The first-order chi connectivity index (χ1) is 16.0. The summed E-state index contributed by atoms with van der Waals surface area (Å²) in [7, 11) is 0. The molecule has 0 aliphatic carbocycles. The molecule has 0 spiro atoms. The van der Waals surface area contributed by atoms with Crippen molar-refractivity contribution in [3.05, 3.63) is 41.5 Å². The number of rotatable bonds is 5. The van der Waals surface area contributed by atoms with Gasteiger partial charge in [-0.1, -0.05) is 0 Å². The average Bonchev–Trinajstić information content (AvgIpc) is 3.08. The highest BCUT2D eigenvalue weighted by molar-refractivity contribution is 6.24. The second-order valence-electron chi connectivity index (χ2n) is 9.18. The lowest BCUT2D eigenvalue weighted by atomic mass is 9.94. The molecule has 0 saturated carbocycles. The highest BCUT2D eigenvalue weighted by atomic mass is 16.2. The first kappa shape index (κ1) is 21.8. The molecule has 1 aromatic rings. The predicted molar refractivity (Wildman–Crippen MR) is 122 cm³/mol. The number of imide groups is 2. The molecular formula is C24H29N5O4. The van der Waals surface area contributed by atoms with Crippen LogP contribution in [0.15, 0.2) is 30.4 Å². The number of hydrogen-bond acceptors (Lipinski definition) is 7. The monoisotopic (exact) mass is 451 g/mol. The van der Waals surface area contributed by atoms with Gasteiger partial charge in [0.15, 0.2) is 0 Å². The second kappa shape index (κ2) is 9.07. The van der Waals surface area contributed by atoms with E-state index in [1.165, 1.54) is 31.4 Å². The molecule has 9 heteroatoms. The highest BCUT2D eigenvalue weighted by Crippen LogP contribution is 2.30. The van der Waals surface area contributed by atoms with E-state index >= 15 is 0 Å². The zero-order valence-electron chi connectivity index (χ0n) is 18.6.